The number of carbonyl (C=O) groups excluding carboxylic acids is 1. The average molecular weight is 444 g/mol. The predicted octanol–water partition coefficient (Wildman–Crippen LogP) is 4.48. The number of fused-ring (bicyclic) bond motifs is 1. The molecule has 0 fully saturated rings. The van der Waals surface area contributed by atoms with Crippen LogP contribution in [0.25, 0.3) is 11.0 Å². The Labute approximate surface area is 180 Å². The van der Waals surface area contributed by atoms with Crippen LogP contribution in [-0.2, 0) is 14.3 Å². The molecule has 0 spiro atoms. The normalized spacial score (nSPS) is 12.3. The predicted molar refractivity (Wildman–Crippen MR) is 114 cm³/mol. The van der Waals surface area contributed by atoms with E-state index < -0.39 is 11.9 Å². The third-order valence-corrected chi connectivity index (χ3v) is 5.39. The number of carbonyl (C=O) groups is 2. The highest BCUT2D eigenvalue weighted by atomic mass is 35.5. The minimum absolute atomic E-state index is 0.254. The first-order chi connectivity index (χ1) is 13.9. The SMILES string of the molecule is CCCCCN(CCCOC)C(=O)C(CC(=O)O)c1nc2cc(Cl)c(Cl)cc2[nH]1. The smallest absolute Gasteiger partial charge is 0.304 e. The summed E-state index contributed by atoms with van der Waals surface area (Å²) in [5.41, 5.74) is 1.14. The molecular formula is C20H27Cl2N3O4. The molecule has 2 N–H and O–H groups in total. The number of benzene rings is 1. The molecule has 0 radical (unpaired) electrons. The Balaban J connectivity index is 2.32. The number of ether oxygens (including phenoxy) is 1. The van der Waals surface area contributed by atoms with Crippen molar-refractivity contribution in [3.05, 3.63) is 28.0 Å². The lowest BCUT2D eigenvalue weighted by Gasteiger charge is -2.26. The van der Waals surface area contributed by atoms with Crippen LogP contribution in [0.4, 0.5) is 0 Å². The quantitative estimate of drug-likeness (QED) is 0.471. The molecule has 2 aromatic rings. The van der Waals surface area contributed by atoms with Crippen LogP contribution in [0.3, 0.4) is 0 Å². The van der Waals surface area contributed by atoms with Gasteiger partial charge < -0.3 is 19.7 Å². The zero-order valence-electron chi connectivity index (χ0n) is 16.7. The number of amides is 1. The Morgan fingerprint density at radius 2 is 1.90 bits per heavy atom. The lowest BCUT2D eigenvalue weighted by molar-refractivity contribution is -0.142. The first kappa shape index (κ1) is 23.4. The molecule has 29 heavy (non-hydrogen) atoms. The van der Waals surface area contributed by atoms with Crippen molar-refractivity contribution in [2.24, 2.45) is 0 Å². The van der Waals surface area contributed by atoms with Gasteiger partial charge in [-0.3, -0.25) is 9.59 Å². The van der Waals surface area contributed by atoms with E-state index >= 15 is 0 Å². The maximum atomic E-state index is 13.3. The van der Waals surface area contributed by atoms with Crippen LogP contribution in [0, 0.1) is 0 Å². The van der Waals surface area contributed by atoms with Crippen molar-refractivity contribution in [3.63, 3.8) is 0 Å². The van der Waals surface area contributed by atoms with E-state index in [1.165, 1.54) is 0 Å². The van der Waals surface area contributed by atoms with Crippen LogP contribution < -0.4 is 0 Å². The number of carboxylic acids is 1. The van der Waals surface area contributed by atoms with Gasteiger partial charge in [-0.1, -0.05) is 43.0 Å². The first-order valence-electron chi connectivity index (χ1n) is 9.71. The van der Waals surface area contributed by atoms with Crippen molar-refractivity contribution in [2.75, 3.05) is 26.8 Å². The van der Waals surface area contributed by atoms with Gasteiger partial charge in [0.1, 0.15) is 11.7 Å². The monoisotopic (exact) mass is 443 g/mol. The van der Waals surface area contributed by atoms with Crippen LogP contribution in [0.1, 0.15) is 50.8 Å². The fourth-order valence-corrected chi connectivity index (χ4v) is 3.49. The van der Waals surface area contributed by atoms with Gasteiger partial charge in [0.2, 0.25) is 5.91 Å². The number of aliphatic carboxylic acids is 1. The number of aromatic amines is 1. The van der Waals surface area contributed by atoms with Gasteiger partial charge in [-0.15, -0.1) is 0 Å². The van der Waals surface area contributed by atoms with Gasteiger partial charge >= 0.3 is 5.97 Å². The minimum Gasteiger partial charge on any atom is -0.481 e. The summed E-state index contributed by atoms with van der Waals surface area (Å²) in [5.74, 6) is -1.93. The summed E-state index contributed by atoms with van der Waals surface area (Å²) in [6.45, 7) is 3.70. The third kappa shape index (κ3) is 6.59. The van der Waals surface area contributed by atoms with Gasteiger partial charge in [0.15, 0.2) is 0 Å². The average Bonchev–Trinajstić information content (AvgIpc) is 3.07. The second kappa shape index (κ2) is 11.4. The second-order valence-corrected chi connectivity index (χ2v) is 7.75. The van der Waals surface area contributed by atoms with E-state index in [1.54, 1.807) is 24.1 Å². The third-order valence-electron chi connectivity index (χ3n) is 4.67. The zero-order chi connectivity index (χ0) is 21.4. The number of hydrogen-bond donors (Lipinski definition) is 2. The van der Waals surface area contributed by atoms with Crippen molar-refractivity contribution < 1.29 is 19.4 Å². The summed E-state index contributed by atoms with van der Waals surface area (Å²) in [6.07, 6.45) is 3.22. The minimum atomic E-state index is -1.06. The van der Waals surface area contributed by atoms with Crippen LogP contribution in [-0.4, -0.2) is 58.7 Å². The molecule has 1 amide bonds. The highest BCUT2D eigenvalue weighted by Gasteiger charge is 2.30. The maximum absolute atomic E-state index is 13.3. The molecule has 1 atom stereocenters. The van der Waals surface area contributed by atoms with E-state index in [4.69, 9.17) is 27.9 Å². The highest BCUT2D eigenvalue weighted by molar-refractivity contribution is 6.42. The number of imidazole rings is 1. The van der Waals surface area contributed by atoms with E-state index in [0.29, 0.717) is 53.0 Å². The van der Waals surface area contributed by atoms with Gasteiger partial charge in [0, 0.05) is 26.8 Å². The summed E-state index contributed by atoms with van der Waals surface area (Å²) in [6, 6.07) is 3.22. The number of nitrogens with zero attached hydrogens (tertiary/aromatic N) is 2. The standard InChI is InChI=1S/C20H27Cl2N3O4/c1-3-4-5-7-25(8-6-9-29-2)20(28)13(10-18(26)27)19-23-16-11-14(21)15(22)12-17(16)24-19/h11-13H,3-10H2,1-2H3,(H,23,24)(H,26,27). The lowest BCUT2D eigenvalue weighted by Crippen LogP contribution is -2.38. The largest absolute Gasteiger partial charge is 0.481 e. The summed E-state index contributed by atoms with van der Waals surface area (Å²) in [7, 11) is 1.61. The number of carboxylic acid groups (broad SMARTS) is 1. The Kier molecular flexibility index (Phi) is 9.20. The molecule has 0 saturated carbocycles. The van der Waals surface area contributed by atoms with E-state index in [0.717, 1.165) is 19.3 Å². The molecule has 1 aromatic heterocycles. The number of aromatic nitrogens is 2. The molecule has 160 valence electrons. The fraction of sp³-hybridized carbons (Fsp3) is 0.550. The van der Waals surface area contributed by atoms with Gasteiger partial charge in [-0.05, 0) is 25.0 Å². The van der Waals surface area contributed by atoms with Gasteiger partial charge in [-0.25, -0.2) is 4.98 Å². The van der Waals surface area contributed by atoms with Crippen LogP contribution in [0.2, 0.25) is 10.0 Å². The van der Waals surface area contributed by atoms with Crippen LogP contribution >= 0.6 is 23.2 Å². The summed E-state index contributed by atoms with van der Waals surface area (Å²) in [5, 5.41) is 10.1. The lowest BCUT2D eigenvalue weighted by atomic mass is 10.0. The van der Waals surface area contributed by atoms with Crippen molar-refractivity contribution in [1.82, 2.24) is 14.9 Å². The van der Waals surface area contributed by atoms with Crippen molar-refractivity contribution in [1.29, 1.82) is 0 Å². The van der Waals surface area contributed by atoms with Crippen molar-refractivity contribution in [3.8, 4) is 0 Å². The number of hydrogen-bond acceptors (Lipinski definition) is 4. The molecule has 0 saturated heterocycles. The van der Waals surface area contributed by atoms with E-state index in [-0.39, 0.29) is 12.3 Å². The van der Waals surface area contributed by atoms with Crippen molar-refractivity contribution in [2.45, 2.75) is 44.9 Å². The molecule has 2 rings (SSSR count). The molecule has 1 aromatic carbocycles. The number of H-pyrrole nitrogens is 1. The number of unbranched alkanes of at least 4 members (excludes halogenated alkanes) is 2. The summed E-state index contributed by atoms with van der Waals surface area (Å²) in [4.78, 5) is 34.0. The Hall–Kier alpha value is -1.83. The summed E-state index contributed by atoms with van der Waals surface area (Å²) >= 11 is 12.1. The molecule has 1 heterocycles. The molecule has 0 aliphatic rings. The Morgan fingerprint density at radius 3 is 2.55 bits per heavy atom. The number of halogens is 2. The number of methoxy groups -OCH3 is 1. The number of nitrogens with one attached hydrogen (secondary N) is 1. The molecule has 0 aliphatic carbocycles. The van der Waals surface area contributed by atoms with Crippen LogP contribution in [0.15, 0.2) is 12.1 Å². The molecule has 7 nitrogen and oxygen atoms in total. The molecule has 9 heteroatoms. The fourth-order valence-electron chi connectivity index (χ4n) is 3.17. The molecule has 0 aliphatic heterocycles. The Morgan fingerprint density at radius 1 is 1.21 bits per heavy atom. The topological polar surface area (TPSA) is 95.5 Å². The second-order valence-electron chi connectivity index (χ2n) is 6.93. The Bertz CT molecular complexity index is 791. The molecular weight excluding hydrogens is 417 g/mol. The van der Waals surface area contributed by atoms with Crippen molar-refractivity contribution >= 4 is 46.1 Å². The van der Waals surface area contributed by atoms with E-state index in [1.807, 2.05) is 0 Å². The maximum Gasteiger partial charge on any atom is 0.304 e. The van der Waals surface area contributed by atoms with Gasteiger partial charge in [0.25, 0.3) is 0 Å². The van der Waals surface area contributed by atoms with E-state index in [2.05, 4.69) is 16.9 Å². The van der Waals surface area contributed by atoms with Crippen LogP contribution in [0.5, 0.6) is 0 Å². The number of rotatable bonds is 12. The molecule has 1 unspecified atom stereocenters. The zero-order valence-corrected chi connectivity index (χ0v) is 18.2. The van der Waals surface area contributed by atoms with Gasteiger partial charge in [-0.2, -0.15) is 0 Å². The molecule has 0 bridgehead atoms. The van der Waals surface area contributed by atoms with Gasteiger partial charge in [0.05, 0.1) is 27.5 Å². The summed E-state index contributed by atoms with van der Waals surface area (Å²) < 4.78 is 5.09. The highest BCUT2D eigenvalue weighted by Crippen LogP contribution is 2.29. The first-order valence-corrected chi connectivity index (χ1v) is 10.5. The van der Waals surface area contributed by atoms with E-state index in [9.17, 15) is 14.7 Å².